The summed E-state index contributed by atoms with van der Waals surface area (Å²) in [7, 11) is 0. The van der Waals surface area contributed by atoms with Crippen molar-refractivity contribution in [2.75, 3.05) is 13.2 Å². The lowest BCUT2D eigenvalue weighted by molar-refractivity contribution is -0.154. The highest BCUT2D eigenvalue weighted by atomic mass is 32.2. The summed E-state index contributed by atoms with van der Waals surface area (Å²) >= 11 is 1.63. The van der Waals surface area contributed by atoms with Crippen LogP contribution in [0.2, 0.25) is 0 Å². The van der Waals surface area contributed by atoms with Crippen molar-refractivity contribution in [1.29, 1.82) is 0 Å². The molecule has 3 rings (SSSR count). The van der Waals surface area contributed by atoms with Crippen molar-refractivity contribution >= 4 is 29.5 Å². The number of aliphatic hydroxyl groups is 1. The van der Waals surface area contributed by atoms with Crippen molar-refractivity contribution in [2.24, 2.45) is 11.8 Å². The third kappa shape index (κ3) is 3.56. The number of carbonyl (C=O) groups excluding carboxylic acids is 3. The van der Waals surface area contributed by atoms with Crippen LogP contribution in [-0.4, -0.2) is 69.1 Å². The van der Waals surface area contributed by atoms with Gasteiger partial charge in [-0.2, -0.15) is 0 Å². The number of aliphatic hydroxyl groups excluding tert-OH is 1. The monoisotopic (exact) mass is 426 g/mol. The molecule has 3 fully saturated rings. The first-order valence-corrected chi connectivity index (χ1v) is 11.8. The lowest BCUT2D eigenvalue weighted by atomic mass is 9.71. The smallest absolute Gasteiger partial charge is 0.310 e. The van der Waals surface area contributed by atoms with Gasteiger partial charge in [0.25, 0.3) is 0 Å². The average molecular weight is 427 g/mol. The van der Waals surface area contributed by atoms with Crippen molar-refractivity contribution < 1.29 is 24.2 Å². The molecule has 8 heteroatoms. The highest BCUT2D eigenvalue weighted by molar-refractivity contribution is 8.02. The molecule has 1 spiro atoms. The molecule has 2 amide bonds. The van der Waals surface area contributed by atoms with Gasteiger partial charge in [0.2, 0.25) is 11.8 Å². The minimum absolute atomic E-state index is 0.0126. The predicted octanol–water partition coefficient (Wildman–Crippen LogP) is 1.72. The van der Waals surface area contributed by atoms with Crippen LogP contribution < -0.4 is 5.32 Å². The van der Waals surface area contributed by atoms with Gasteiger partial charge < -0.3 is 20.1 Å². The van der Waals surface area contributed by atoms with Gasteiger partial charge >= 0.3 is 5.97 Å². The van der Waals surface area contributed by atoms with Crippen LogP contribution in [-0.2, 0) is 19.1 Å². The van der Waals surface area contributed by atoms with E-state index in [9.17, 15) is 19.5 Å². The lowest BCUT2D eigenvalue weighted by Crippen LogP contribution is -2.57. The average Bonchev–Trinajstić information content (AvgIpc) is 3.31. The number of fused-ring (bicyclic) bond motifs is 1. The van der Waals surface area contributed by atoms with Gasteiger partial charge in [-0.05, 0) is 39.5 Å². The maximum Gasteiger partial charge on any atom is 0.310 e. The second-order valence-corrected chi connectivity index (χ2v) is 10.1. The number of esters is 1. The fourth-order valence-electron chi connectivity index (χ4n) is 5.53. The standard InChI is InChI=1S/C21H34N2O5S/c1-5-8-12(4)22-18(25)17-21-10-9-14(29-21)15(20(27)28-7-3)16(21)19(26)23(17)13(6-2)11-24/h12-17,24H,5-11H2,1-4H3,(H,22,25)/t12?,13-,14+,15-,16-,17?,21?/m0/s1. The van der Waals surface area contributed by atoms with E-state index in [2.05, 4.69) is 12.2 Å². The van der Waals surface area contributed by atoms with Crippen LogP contribution in [0.3, 0.4) is 0 Å². The summed E-state index contributed by atoms with van der Waals surface area (Å²) in [6.07, 6.45) is 3.90. The molecule has 3 aliphatic rings. The first kappa shape index (κ1) is 22.4. The Morgan fingerprint density at radius 3 is 2.69 bits per heavy atom. The second-order valence-electron chi connectivity index (χ2n) is 8.50. The Bertz CT molecular complexity index is 655. The zero-order valence-corrected chi connectivity index (χ0v) is 18.7. The molecule has 2 bridgehead atoms. The Labute approximate surface area is 177 Å². The fourth-order valence-corrected chi connectivity index (χ4v) is 7.72. The Kier molecular flexibility index (Phi) is 6.83. The molecule has 3 unspecified atom stereocenters. The Morgan fingerprint density at radius 1 is 1.38 bits per heavy atom. The van der Waals surface area contributed by atoms with Gasteiger partial charge in [0.1, 0.15) is 6.04 Å². The molecule has 2 N–H and O–H groups in total. The van der Waals surface area contributed by atoms with E-state index in [0.29, 0.717) is 6.42 Å². The van der Waals surface area contributed by atoms with Crippen molar-refractivity contribution in [3.8, 4) is 0 Å². The molecule has 3 aliphatic heterocycles. The van der Waals surface area contributed by atoms with Crippen LogP contribution in [0.25, 0.3) is 0 Å². The first-order valence-electron chi connectivity index (χ1n) is 10.9. The Balaban J connectivity index is 1.99. The van der Waals surface area contributed by atoms with Gasteiger partial charge in [0.05, 0.1) is 35.8 Å². The number of carbonyl (C=O) groups is 3. The van der Waals surface area contributed by atoms with Crippen LogP contribution in [0.5, 0.6) is 0 Å². The molecule has 7 nitrogen and oxygen atoms in total. The number of ether oxygens (including phenoxy) is 1. The summed E-state index contributed by atoms with van der Waals surface area (Å²) in [5, 5.41) is 13.0. The molecule has 3 saturated heterocycles. The molecule has 0 saturated carbocycles. The van der Waals surface area contributed by atoms with E-state index in [1.54, 1.807) is 23.6 Å². The first-order chi connectivity index (χ1) is 13.9. The quantitative estimate of drug-likeness (QED) is 0.545. The number of likely N-dealkylation sites (tertiary alicyclic amines) is 1. The number of hydrogen-bond donors (Lipinski definition) is 2. The van der Waals surface area contributed by atoms with E-state index in [4.69, 9.17) is 4.74 Å². The third-order valence-electron chi connectivity index (χ3n) is 6.73. The highest BCUT2D eigenvalue weighted by Crippen LogP contribution is 2.66. The molecule has 0 aromatic carbocycles. The van der Waals surface area contributed by atoms with Crippen molar-refractivity contribution in [2.45, 2.75) is 87.9 Å². The number of nitrogens with zero attached hydrogens (tertiary/aromatic N) is 1. The van der Waals surface area contributed by atoms with Crippen molar-refractivity contribution in [1.82, 2.24) is 10.2 Å². The molecule has 164 valence electrons. The third-order valence-corrected chi connectivity index (χ3v) is 8.68. The number of nitrogens with one attached hydrogen (secondary N) is 1. The Morgan fingerprint density at radius 2 is 2.10 bits per heavy atom. The Hall–Kier alpha value is -1.28. The van der Waals surface area contributed by atoms with Crippen LogP contribution in [0.1, 0.15) is 59.8 Å². The van der Waals surface area contributed by atoms with E-state index in [1.165, 1.54) is 0 Å². The largest absolute Gasteiger partial charge is 0.466 e. The van der Waals surface area contributed by atoms with Crippen molar-refractivity contribution in [3.63, 3.8) is 0 Å². The van der Waals surface area contributed by atoms with Gasteiger partial charge in [-0.3, -0.25) is 14.4 Å². The summed E-state index contributed by atoms with van der Waals surface area (Å²) in [5.41, 5.74) is 0. The summed E-state index contributed by atoms with van der Waals surface area (Å²) < 4.78 is 4.69. The summed E-state index contributed by atoms with van der Waals surface area (Å²) in [6.45, 7) is 7.79. The number of rotatable bonds is 9. The van der Waals surface area contributed by atoms with Gasteiger partial charge in [-0.15, -0.1) is 11.8 Å². The van der Waals surface area contributed by atoms with Gasteiger partial charge in [-0.1, -0.05) is 20.3 Å². The normalized spacial score (nSPS) is 34.8. The van der Waals surface area contributed by atoms with E-state index in [-0.39, 0.29) is 42.3 Å². The summed E-state index contributed by atoms with van der Waals surface area (Å²) in [5.74, 6) is -1.73. The van der Waals surface area contributed by atoms with E-state index < -0.39 is 28.7 Å². The van der Waals surface area contributed by atoms with Crippen LogP contribution in [0.15, 0.2) is 0 Å². The van der Waals surface area contributed by atoms with Gasteiger partial charge in [0.15, 0.2) is 0 Å². The molecular formula is C21H34N2O5S. The highest BCUT2D eigenvalue weighted by Gasteiger charge is 2.74. The molecule has 3 heterocycles. The van der Waals surface area contributed by atoms with Crippen LogP contribution in [0.4, 0.5) is 0 Å². The zero-order valence-electron chi connectivity index (χ0n) is 17.8. The molecular weight excluding hydrogens is 392 g/mol. The lowest BCUT2D eigenvalue weighted by Gasteiger charge is -2.37. The maximum absolute atomic E-state index is 13.6. The SMILES string of the molecule is CCCC(C)NC(=O)C1N([C@@H](CC)CO)C(=O)[C@@H]2[C@@H](C(=O)OCC)[C@H]3CCC12S3. The predicted molar refractivity (Wildman–Crippen MR) is 111 cm³/mol. The molecule has 0 aromatic heterocycles. The minimum atomic E-state index is -0.661. The maximum atomic E-state index is 13.6. The second kappa shape index (κ2) is 8.84. The number of thioether (sulfide) groups is 1. The van der Waals surface area contributed by atoms with E-state index in [0.717, 1.165) is 25.7 Å². The molecule has 29 heavy (non-hydrogen) atoms. The topological polar surface area (TPSA) is 95.9 Å². The van der Waals surface area contributed by atoms with Crippen LogP contribution in [0, 0.1) is 11.8 Å². The summed E-state index contributed by atoms with van der Waals surface area (Å²) in [6, 6.07) is -1.08. The zero-order chi connectivity index (χ0) is 21.3. The van der Waals surface area contributed by atoms with Crippen molar-refractivity contribution in [3.05, 3.63) is 0 Å². The molecule has 7 atom stereocenters. The van der Waals surface area contributed by atoms with E-state index >= 15 is 0 Å². The summed E-state index contributed by atoms with van der Waals surface area (Å²) in [4.78, 5) is 41.3. The van der Waals surface area contributed by atoms with Gasteiger partial charge in [0, 0.05) is 11.3 Å². The number of hydrogen-bond acceptors (Lipinski definition) is 6. The minimum Gasteiger partial charge on any atom is -0.466 e. The molecule has 0 aliphatic carbocycles. The number of amides is 2. The van der Waals surface area contributed by atoms with Gasteiger partial charge in [-0.25, -0.2) is 0 Å². The molecule has 0 radical (unpaired) electrons. The molecule has 0 aromatic rings. The fraction of sp³-hybridized carbons (Fsp3) is 0.857. The van der Waals surface area contributed by atoms with Crippen LogP contribution >= 0.6 is 11.8 Å². The van der Waals surface area contributed by atoms with E-state index in [1.807, 2.05) is 13.8 Å².